The van der Waals surface area contributed by atoms with Crippen LogP contribution in [0.4, 0.5) is 0 Å². The number of ether oxygens (including phenoxy) is 1. The van der Waals surface area contributed by atoms with Crippen molar-refractivity contribution in [3.8, 4) is 0 Å². The molecule has 2 aromatic rings. The number of rotatable bonds is 4. The lowest BCUT2D eigenvalue weighted by Crippen LogP contribution is -2.50. The number of hydrogen-bond donors (Lipinski definition) is 0. The zero-order valence-electron chi connectivity index (χ0n) is 14.7. The Kier molecular flexibility index (Phi) is 4.58. The minimum Gasteiger partial charge on any atom is -0.381 e. The first kappa shape index (κ1) is 16.3. The Labute approximate surface area is 149 Å². The minimum atomic E-state index is -0.218. The van der Waals surface area contributed by atoms with Gasteiger partial charge in [-0.3, -0.25) is 4.79 Å². The monoisotopic (exact) mass is 335 g/mol. The van der Waals surface area contributed by atoms with E-state index in [-0.39, 0.29) is 11.8 Å². The number of nitrogens with zero attached hydrogens (tertiary/aromatic N) is 1. The maximum absolute atomic E-state index is 13.6. The van der Waals surface area contributed by atoms with Gasteiger partial charge >= 0.3 is 0 Å². The van der Waals surface area contributed by atoms with Crippen molar-refractivity contribution in [1.29, 1.82) is 0 Å². The fourth-order valence-electron chi connectivity index (χ4n) is 4.60. The molecular weight excluding hydrogens is 310 g/mol. The van der Waals surface area contributed by atoms with Crippen molar-refractivity contribution in [3.05, 3.63) is 71.8 Å². The molecule has 4 rings (SSSR count). The van der Waals surface area contributed by atoms with Crippen LogP contribution in [0.1, 0.15) is 42.7 Å². The Hall–Kier alpha value is -2.13. The fraction of sp³-hybridized carbons (Fsp3) is 0.409. The summed E-state index contributed by atoms with van der Waals surface area (Å²) in [6, 6.07) is 21.0. The van der Waals surface area contributed by atoms with Crippen LogP contribution >= 0.6 is 0 Å². The molecule has 0 spiro atoms. The van der Waals surface area contributed by atoms with Gasteiger partial charge in [-0.2, -0.15) is 0 Å². The number of piperidine rings is 1. The third-order valence-electron chi connectivity index (χ3n) is 5.79. The van der Waals surface area contributed by atoms with Crippen LogP contribution in [-0.2, 0) is 9.53 Å². The van der Waals surface area contributed by atoms with Gasteiger partial charge in [0.1, 0.15) is 0 Å². The standard InChI is InChI=1S/C22H25NO2/c1-25-20-14-18-12-13-19(15-20)23(18)22(24)21(16-8-4-2-5-9-16)17-10-6-3-7-11-17/h2-11,18-21H,12-15H2,1H3. The molecule has 25 heavy (non-hydrogen) atoms. The summed E-state index contributed by atoms with van der Waals surface area (Å²) in [4.78, 5) is 15.8. The average Bonchev–Trinajstić information content (AvgIpc) is 2.93. The Balaban J connectivity index is 1.68. The molecule has 2 atom stereocenters. The van der Waals surface area contributed by atoms with E-state index < -0.39 is 0 Å². The highest BCUT2D eigenvalue weighted by Crippen LogP contribution is 2.40. The molecule has 0 N–H and O–H groups in total. The van der Waals surface area contributed by atoms with Gasteiger partial charge in [0.05, 0.1) is 12.0 Å². The summed E-state index contributed by atoms with van der Waals surface area (Å²) in [7, 11) is 1.79. The van der Waals surface area contributed by atoms with Gasteiger partial charge < -0.3 is 9.64 Å². The van der Waals surface area contributed by atoms with Crippen molar-refractivity contribution < 1.29 is 9.53 Å². The van der Waals surface area contributed by atoms with Crippen molar-refractivity contribution in [1.82, 2.24) is 4.90 Å². The number of methoxy groups -OCH3 is 1. The van der Waals surface area contributed by atoms with E-state index >= 15 is 0 Å². The zero-order valence-corrected chi connectivity index (χ0v) is 14.7. The largest absolute Gasteiger partial charge is 0.381 e. The SMILES string of the molecule is COC1CC2CCC(C1)N2C(=O)C(c1ccccc1)c1ccccc1. The molecule has 2 aliphatic heterocycles. The van der Waals surface area contributed by atoms with Crippen LogP contribution in [0.2, 0.25) is 0 Å². The maximum atomic E-state index is 13.6. The average molecular weight is 335 g/mol. The van der Waals surface area contributed by atoms with Crippen molar-refractivity contribution in [3.63, 3.8) is 0 Å². The second kappa shape index (κ2) is 7.01. The molecule has 2 unspecified atom stereocenters. The second-order valence-electron chi connectivity index (χ2n) is 7.21. The first-order valence-corrected chi connectivity index (χ1v) is 9.22. The smallest absolute Gasteiger partial charge is 0.235 e. The third-order valence-corrected chi connectivity index (χ3v) is 5.79. The van der Waals surface area contributed by atoms with Gasteiger partial charge in [0.25, 0.3) is 0 Å². The quantitative estimate of drug-likeness (QED) is 0.845. The highest BCUT2D eigenvalue weighted by atomic mass is 16.5. The van der Waals surface area contributed by atoms with E-state index in [1.807, 2.05) is 36.4 Å². The van der Waals surface area contributed by atoms with E-state index in [0.717, 1.165) is 36.8 Å². The summed E-state index contributed by atoms with van der Waals surface area (Å²) in [5.41, 5.74) is 2.15. The highest BCUT2D eigenvalue weighted by Gasteiger charge is 2.45. The van der Waals surface area contributed by atoms with Crippen molar-refractivity contribution in [2.24, 2.45) is 0 Å². The fourth-order valence-corrected chi connectivity index (χ4v) is 4.60. The molecule has 2 saturated heterocycles. The predicted molar refractivity (Wildman–Crippen MR) is 98.4 cm³/mol. The number of carbonyl (C=O) groups is 1. The molecular formula is C22H25NO2. The maximum Gasteiger partial charge on any atom is 0.235 e. The van der Waals surface area contributed by atoms with E-state index in [4.69, 9.17) is 4.74 Å². The summed E-state index contributed by atoms with van der Waals surface area (Å²) < 4.78 is 5.59. The second-order valence-corrected chi connectivity index (χ2v) is 7.21. The highest BCUT2D eigenvalue weighted by molar-refractivity contribution is 5.88. The molecule has 0 saturated carbocycles. The topological polar surface area (TPSA) is 29.5 Å². The van der Waals surface area contributed by atoms with Crippen molar-refractivity contribution in [2.45, 2.75) is 49.8 Å². The van der Waals surface area contributed by atoms with Crippen LogP contribution in [0.5, 0.6) is 0 Å². The van der Waals surface area contributed by atoms with E-state index in [1.165, 1.54) is 0 Å². The van der Waals surface area contributed by atoms with Gasteiger partial charge in [-0.05, 0) is 36.8 Å². The van der Waals surface area contributed by atoms with Gasteiger partial charge in [-0.15, -0.1) is 0 Å². The molecule has 130 valence electrons. The Morgan fingerprint density at radius 1 is 0.920 bits per heavy atom. The Morgan fingerprint density at radius 2 is 1.40 bits per heavy atom. The summed E-state index contributed by atoms with van der Waals surface area (Å²) >= 11 is 0. The van der Waals surface area contributed by atoms with Gasteiger partial charge in [0, 0.05) is 19.2 Å². The molecule has 3 heteroatoms. The Bertz CT molecular complexity index is 662. The van der Waals surface area contributed by atoms with Gasteiger partial charge in [0.2, 0.25) is 5.91 Å². The number of hydrogen-bond acceptors (Lipinski definition) is 2. The lowest BCUT2D eigenvalue weighted by Gasteiger charge is -2.40. The van der Waals surface area contributed by atoms with Crippen LogP contribution in [0.25, 0.3) is 0 Å². The molecule has 2 heterocycles. The summed E-state index contributed by atoms with van der Waals surface area (Å²) in [6.07, 6.45) is 4.44. The van der Waals surface area contributed by atoms with Crippen LogP contribution in [0.15, 0.2) is 60.7 Å². The van der Waals surface area contributed by atoms with E-state index in [2.05, 4.69) is 29.2 Å². The van der Waals surface area contributed by atoms with Gasteiger partial charge in [0.15, 0.2) is 0 Å². The van der Waals surface area contributed by atoms with Gasteiger partial charge in [-0.1, -0.05) is 60.7 Å². The zero-order chi connectivity index (χ0) is 17.2. The molecule has 2 bridgehead atoms. The normalized spacial score (nSPS) is 25.4. The molecule has 0 radical (unpaired) electrons. The lowest BCUT2D eigenvalue weighted by atomic mass is 9.88. The van der Waals surface area contributed by atoms with E-state index in [9.17, 15) is 4.79 Å². The van der Waals surface area contributed by atoms with Crippen LogP contribution in [-0.4, -0.2) is 36.1 Å². The number of amides is 1. The molecule has 2 aliphatic rings. The summed E-state index contributed by atoms with van der Waals surface area (Å²) in [5, 5.41) is 0. The molecule has 0 aromatic heterocycles. The van der Waals surface area contributed by atoms with Crippen LogP contribution in [0, 0.1) is 0 Å². The first-order valence-electron chi connectivity index (χ1n) is 9.22. The van der Waals surface area contributed by atoms with Crippen LogP contribution < -0.4 is 0 Å². The van der Waals surface area contributed by atoms with E-state index in [0.29, 0.717) is 18.2 Å². The number of carbonyl (C=O) groups excluding carboxylic acids is 1. The number of fused-ring (bicyclic) bond motifs is 2. The lowest BCUT2D eigenvalue weighted by molar-refractivity contribution is -0.138. The molecule has 1 amide bonds. The Morgan fingerprint density at radius 3 is 1.84 bits per heavy atom. The minimum absolute atomic E-state index is 0.218. The summed E-state index contributed by atoms with van der Waals surface area (Å²) in [5.74, 6) is 0.0315. The predicted octanol–water partition coefficient (Wildman–Crippen LogP) is 3.99. The van der Waals surface area contributed by atoms with Crippen molar-refractivity contribution in [2.75, 3.05) is 7.11 Å². The molecule has 3 nitrogen and oxygen atoms in total. The molecule has 2 aromatic carbocycles. The van der Waals surface area contributed by atoms with Crippen LogP contribution in [0.3, 0.4) is 0 Å². The third kappa shape index (κ3) is 3.09. The first-order chi connectivity index (χ1) is 12.3. The van der Waals surface area contributed by atoms with E-state index in [1.54, 1.807) is 7.11 Å². The molecule has 2 fully saturated rings. The van der Waals surface area contributed by atoms with Crippen molar-refractivity contribution >= 4 is 5.91 Å². The molecule has 0 aliphatic carbocycles. The number of benzene rings is 2. The summed E-state index contributed by atoms with van der Waals surface area (Å²) in [6.45, 7) is 0. The van der Waals surface area contributed by atoms with Gasteiger partial charge in [-0.25, -0.2) is 0 Å².